The van der Waals surface area contributed by atoms with Crippen LogP contribution in [-0.2, 0) is 0 Å². The van der Waals surface area contributed by atoms with Gasteiger partial charge in [0.1, 0.15) is 0 Å². The molecule has 0 fully saturated rings. The van der Waals surface area contributed by atoms with Gasteiger partial charge in [0.15, 0.2) is 0 Å². The predicted molar refractivity (Wildman–Crippen MR) is 53.8 cm³/mol. The zero-order valence-corrected chi connectivity index (χ0v) is 8.41. The lowest BCUT2D eigenvalue weighted by atomic mass is 9.96. The molecule has 64 valence electrons. The molecule has 0 saturated carbocycles. The van der Waals surface area contributed by atoms with Gasteiger partial charge in [-0.05, 0) is 42.3 Å². The maximum atomic E-state index is 2.44. The second kappa shape index (κ2) is 4.87. The molecule has 1 atom stereocenters. The summed E-state index contributed by atoms with van der Waals surface area (Å²) in [5, 5.41) is 0. The van der Waals surface area contributed by atoms with Gasteiger partial charge >= 0.3 is 0 Å². The second-order valence-electron chi connectivity index (χ2n) is 3.40. The molecule has 0 aliphatic heterocycles. The molecule has 0 amide bonds. The number of thioether (sulfide) groups is 1. The van der Waals surface area contributed by atoms with Gasteiger partial charge in [0, 0.05) is 0 Å². The first-order valence-electron chi connectivity index (χ1n) is 4.64. The van der Waals surface area contributed by atoms with E-state index in [0.717, 1.165) is 5.92 Å². The van der Waals surface area contributed by atoms with E-state index < -0.39 is 0 Å². The molecule has 0 N–H and O–H groups in total. The topological polar surface area (TPSA) is 0 Å². The van der Waals surface area contributed by atoms with E-state index in [0.29, 0.717) is 0 Å². The standard InChI is InChI=1S/C10H18S/c1-3-8-11-10-6-4-9(2)5-7-10/h6,9H,3-5,7-8H2,1-2H3. The van der Waals surface area contributed by atoms with Crippen LogP contribution in [0.25, 0.3) is 0 Å². The van der Waals surface area contributed by atoms with E-state index in [1.165, 1.54) is 31.4 Å². The van der Waals surface area contributed by atoms with Crippen molar-refractivity contribution in [2.75, 3.05) is 5.75 Å². The van der Waals surface area contributed by atoms with E-state index >= 15 is 0 Å². The van der Waals surface area contributed by atoms with Crippen molar-refractivity contribution in [1.29, 1.82) is 0 Å². The highest BCUT2D eigenvalue weighted by Crippen LogP contribution is 2.30. The number of hydrogen-bond donors (Lipinski definition) is 0. The molecule has 11 heavy (non-hydrogen) atoms. The van der Waals surface area contributed by atoms with Gasteiger partial charge < -0.3 is 0 Å². The maximum absolute atomic E-state index is 2.44. The first kappa shape index (κ1) is 9.18. The van der Waals surface area contributed by atoms with Crippen molar-refractivity contribution in [3.8, 4) is 0 Å². The summed E-state index contributed by atoms with van der Waals surface area (Å²) < 4.78 is 0. The fraction of sp³-hybridized carbons (Fsp3) is 0.800. The fourth-order valence-corrected chi connectivity index (χ4v) is 2.25. The Kier molecular flexibility index (Phi) is 4.06. The van der Waals surface area contributed by atoms with Gasteiger partial charge in [-0.15, -0.1) is 11.8 Å². The first-order chi connectivity index (χ1) is 5.33. The van der Waals surface area contributed by atoms with Gasteiger partial charge in [0.2, 0.25) is 0 Å². The molecule has 0 aromatic rings. The largest absolute Gasteiger partial charge is 0.131 e. The summed E-state index contributed by atoms with van der Waals surface area (Å²) in [6.45, 7) is 4.59. The van der Waals surface area contributed by atoms with Crippen LogP contribution in [0, 0.1) is 5.92 Å². The molecular weight excluding hydrogens is 152 g/mol. The van der Waals surface area contributed by atoms with Gasteiger partial charge in [-0.25, -0.2) is 0 Å². The second-order valence-corrected chi connectivity index (χ2v) is 4.62. The lowest BCUT2D eigenvalue weighted by Crippen LogP contribution is -1.99. The van der Waals surface area contributed by atoms with Crippen molar-refractivity contribution in [1.82, 2.24) is 0 Å². The molecule has 0 bridgehead atoms. The average Bonchev–Trinajstić information content (AvgIpc) is 2.04. The van der Waals surface area contributed by atoms with Crippen LogP contribution in [0.4, 0.5) is 0 Å². The summed E-state index contributed by atoms with van der Waals surface area (Å²) in [6, 6.07) is 0. The zero-order valence-electron chi connectivity index (χ0n) is 7.60. The van der Waals surface area contributed by atoms with Crippen molar-refractivity contribution in [3.05, 3.63) is 11.0 Å². The molecule has 0 spiro atoms. The molecule has 1 rings (SSSR count). The van der Waals surface area contributed by atoms with Crippen LogP contribution < -0.4 is 0 Å². The summed E-state index contributed by atoms with van der Waals surface area (Å²) in [5.74, 6) is 2.24. The Morgan fingerprint density at radius 1 is 1.64 bits per heavy atom. The maximum Gasteiger partial charge on any atom is -0.00260 e. The Balaban J connectivity index is 2.24. The Bertz CT molecular complexity index is 138. The lowest BCUT2D eigenvalue weighted by Gasteiger charge is -2.17. The van der Waals surface area contributed by atoms with Crippen LogP contribution in [0.3, 0.4) is 0 Å². The zero-order chi connectivity index (χ0) is 8.10. The molecule has 1 aliphatic rings. The van der Waals surface area contributed by atoms with Gasteiger partial charge in [0.05, 0.1) is 0 Å². The van der Waals surface area contributed by atoms with Gasteiger partial charge in [-0.2, -0.15) is 0 Å². The molecule has 0 aromatic carbocycles. The van der Waals surface area contributed by atoms with E-state index in [1.54, 1.807) is 4.91 Å². The van der Waals surface area contributed by atoms with Gasteiger partial charge in [-0.3, -0.25) is 0 Å². The molecular formula is C10H18S. The third-order valence-corrected chi connectivity index (χ3v) is 3.48. The van der Waals surface area contributed by atoms with Crippen molar-refractivity contribution < 1.29 is 0 Å². The monoisotopic (exact) mass is 170 g/mol. The minimum absolute atomic E-state index is 0.931. The first-order valence-corrected chi connectivity index (χ1v) is 5.63. The fourth-order valence-electron chi connectivity index (χ4n) is 1.31. The highest BCUT2D eigenvalue weighted by molar-refractivity contribution is 8.03. The highest BCUT2D eigenvalue weighted by atomic mass is 32.2. The smallest absolute Gasteiger partial charge is 0.00260 e. The van der Waals surface area contributed by atoms with E-state index in [-0.39, 0.29) is 0 Å². The minimum Gasteiger partial charge on any atom is -0.131 e. The Hall–Kier alpha value is 0.0900. The average molecular weight is 170 g/mol. The van der Waals surface area contributed by atoms with E-state index in [4.69, 9.17) is 0 Å². The third kappa shape index (κ3) is 3.33. The number of allylic oxidation sites excluding steroid dienone is 2. The molecule has 0 radical (unpaired) electrons. The Morgan fingerprint density at radius 2 is 2.45 bits per heavy atom. The molecule has 1 unspecified atom stereocenters. The molecule has 0 nitrogen and oxygen atoms in total. The van der Waals surface area contributed by atoms with E-state index in [2.05, 4.69) is 31.7 Å². The van der Waals surface area contributed by atoms with Crippen molar-refractivity contribution >= 4 is 11.8 Å². The van der Waals surface area contributed by atoms with Crippen LogP contribution >= 0.6 is 11.8 Å². The van der Waals surface area contributed by atoms with Crippen LogP contribution in [0.5, 0.6) is 0 Å². The van der Waals surface area contributed by atoms with Crippen LogP contribution in [-0.4, -0.2) is 5.75 Å². The third-order valence-electron chi connectivity index (χ3n) is 2.12. The summed E-state index contributed by atoms with van der Waals surface area (Å²) in [7, 11) is 0. The van der Waals surface area contributed by atoms with E-state index in [9.17, 15) is 0 Å². The SMILES string of the molecule is CCCSC1=CCC(C)CC1. The predicted octanol–water partition coefficient (Wildman–Crippen LogP) is 3.83. The molecule has 1 heteroatoms. The summed E-state index contributed by atoms with van der Waals surface area (Å²) in [5.41, 5.74) is 0. The van der Waals surface area contributed by atoms with Crippen LogP contribution in [0.1, 0.15) is 39.5 Å². The van der Waals surface area contributed by atoms with Gasteiger partial charge in [-0.1, -0.05) is 19.9 Å². The summed E-state index contributed by atoms with van der Waals surface area (Å²) in [4.78, 5) is 1.64. The highest BCUT2D eigenvalue weighted by Gasteiger charge is 2.09. The molecule has 0 heterocycles. The van der Waals surface area contributed by atoms with Crippen LogP contribution in [0.15, 0.2) is 11.0 Å². The quantitative estimate of drug-likeness (QED) is 0.620. The lowest BCUT2D eigenvalue weighted by molar-refractivity contribution is 0.523. The normalized spacial score (nSPS) is 24.9. The minimum atomic E-state index is 0.931. The van der Waals surface area contributed by atoms with Crippen molar-refractivity contribution in [3.63, 3.8) is 0 Å². The number of hydrogen-bond acceptors (Lipinski definition) is 1. The summed E-state index contributed by atoms with van der Waals surface area (Å²) >= 11 is 2.06. The van der Waals surface area contributed by atoms with Crippen molar-refractivity contribution in [2.24, 2.45) is 5.92 Å². The summed E-state index contributed by atoms with van der Waals surface area (Å²) in [6.07, 6.45) is 7.80. The Morgan fingerprint density at radius 3 is 3.00 bits per heavy atom. The molecule has 0 saturated heterocycles. The van der Waals surface area contributed by atoms with Gasteiger partial charge in [0.25, 0.3) is 0 Å². The van der Waals surface area contributed by atoms with Crippen molar-refractivity contribution in [2.45, 2.75) is 39.5 Å². The van der Waals surface area contributed by atoms with E-state index in [1.807, 2.05) is 0 Å². The van der Waals surface area contributed by atoms with Crippen LogP contribution in [0.2, 0.25) is 0 Å². The number of rotatable bonds is 3. The Labute approximate surface area is 74.5 Å². The molecule has 1 aliphatic carbocycles. The molecule has 0 aromatic heterocycles.